The van der Waals surface area contributed by atoms with Gasteiger partial charge in [0, 0.05) is 38.7 Å². The number of carbonyl (C=O) groups excluding carboxylic acids is 4. The standard InChI is InChI=1S/C57H106N4O10/c1-4-7-10-13-16-25-32-41-70-55(63)35-28-21-17-23-30-39-61(54(62)37-42-66-44-46-68-48-49-69-47-45-67-43-38-59-57(65)53-50-58-51-60-53)40-31-24-18-22-29-36-56(64)71-52(33-26-19-14-11-8-5-2)34-27-20-15-12-9-6-3/h50-52H,4-49H2,1-3H3,(H,58,60)(H,59,65). The van der Waals surface area contributed by atoms with Gasteiger partial charge in [-0.15, -0.1) is 0 Å². The van der Waals surface area contributed by atoms with Crippen molar-refractivity contribution in [3.8, 4) is 0 Å². The SMILES string of the molecule is CCCCCCCCCOC(=O)CCCCCCCN(CCCCCCCC(=O)OC(CCCCCCCC)CCCCCCCC)C(=O)CCOCCOCCOCCOCCNC(=O)c1c[nH]cn1. The number of nitrogens with zero attached hydrogens (tertiary/aromatic N) is 2. The Kier molecular flexibility index (Phi) is 48.1. The van der Waals surface area contributed by atoms with Crippen molar-refractivity contribution in [3.63, 3.8) is 0 Å². The molecule has 0 saturated heterocycles. The van der Waals surface area contributed by atoms with Crippen LogP contribution in [0.5, 0.6) is 0 Å². The van der Waals surface area contributed by atoms with Crippen LogP contribution in [0, 0.1) is 0 Å². The lowest BCUT2D eigenvalue weighted by Crippen LogP contribution is -2.33. The third-order valence-electron chi connectivity index (χ3n) is 12.9. The highest BCUT2D eigenvalue weighted by molar-refractivity contribution is 5.91. The van der Waals surface area contributed by atoms with Gasteiger partial charge in [0.2, 0.25) is 5.91 Å². The van der Waals surface area contributed by atoms with E-state index in [0.29, 0.717) is 91.0 Å². The zero-order chi connectivity index (χ0) is 51.3. The number of nitrogens with one attached hydrogen (secondary N) is 2. The van der Waals surface area contributed by atoms with E-state index in [1.807, 2.05) is 4.90 Å². The highest BCUT2D eigenvalue weighted by Crippen LogP contribution is 2.19. The molecular formula is C57H106N4O10. The predicted molar refractivity (Wildman–Crippen MR) is 286 cm³/mol. The smallest absolute Gasteiger partial charge is 0.306 e. The topological polar surface area (TPSA) is 168 Å². The van der Waals surface area contributed by atoms with E-state index in [4.69, 9.17) is 28.4 Å². The second kappa shape index (κ2) is 51.8. The van der Waals surface area contributed by atoms with E-state index < -0.39 is 0 Å². The number of ether oxygens (including phenoxy) is 6. The molecule has 1 aromatic rings. The van der Waals surface area contributed by atoms with E-state index in [2.05, 4.69) is 36.1 Å². The minimum atomic E-state index is -0.244. The molecule has 0 aliphatic heterocycles. The Morgan fingerprint density at radius 2 is 0.930 bits per heavy atom. The van der Waals surface area contributed by atoms with Crippen molar-refractivity contribution in [2.45, 2.75) is 245 Å². The number of hydrogen-bond donors (Lipinski definition) is 2. The minimum absolute atomic E-state index is 0.0357. The Morgan fingerprint density at radius 3 is 1.44 bits per heavy atom. The lowest BCUT2D eigenvalue weighted by atomic mass is 10.0. The van der Waals surface area contributed by atoms with Crippen LogP contribution in [0.4, 0.5) is 0 Å². The molecule has 0 aliphatic rings. The number of hydrogen-bond acceptors (Lipinski definition) is 11. The summed E-state index contributed by atoms with van der Waals surface area (Å²) in [6, 6.07) is 0. The normalized spacial score (nSPS) is 11.4. The number of aromatic nitrogens is 2. The van der Waals surface area contributed by atoms with Crippen molar-refractivity contribution < 1.29 is 47.6 Å². The molecule has 0 saturated carbocycles. The largest absolute Gasteiger partial charge is 0.466 e. The van der Waals surface area contributed by atoms with Crippen molar-refractivity contribution in [3.05, 3.63) is 18.2 Å². The fourth-order valence-corrected chi connectivity index (χ4v) is 8.49. The number of imidazole rings is 1. The molecule has 1 rings (SSSR count). The number of carbonyl (C=O) groups is 4. The monoisotopic (exact) mass is 1010 g/mol. The first kappa shape index (κ1) is 65.9. The van der Waals surface area contributed by atoms with Crippen LogP contribution < -0.4 is 5.32 Å². The molecule has 0 spiro atoms. The molecule has 1 aromatic heterocycles. The van der Waals surface area contributed by atoms with Crippen LogP contribution in [0.1, 0.15) is 250 Å². The number of H-pyrrole nitrogens is 1. The van der Waals surface area contributed by atoms with Gasteiger partial charge >= 0.3 is 11.9 Å². The van der Waals surface area contributed by atoms with Crippen molar-refractivity contribution in [1.82, 2.24) is 20.2 Å². The Morgan fingerprint density at radius 1 is 0.493 bits per heavy atom. The number of rotatable bonds is 55. The molecule has 71 heavy (non-hydrogen) atoms. The summed E-state index contributed by atoms with van der Waals surface area (Å²) in [5.41, 5.74) is 0.344. The van der Waals surface area contributed by atoms with Gasteiger partial charge in [-0.05, 0) is 57.8 Å². The van der Waals surface area contributed by atoms with Gasteiger partial charge in [-0.3, -0.25) is 19.2 Å². The van der Waals surface area contributed by atoms with E-state index in [1.54, 1.807) is 6.20 Å². The van der Waals surface area contributed by atoms with Crippen molar-refractivity contribution in [1.29, 1.82) is 0 Å². The second-order valence-electron chi connectivity index (χ2n) is 19.4. The van der Waals surface area contributed by atoms with E-state index in [-0.39, 0.29) is 29.9 Å². The molecule has 0 aromatic carbocycles. The predicted octanol–water partition coefficient (Wildman–Crippen LogP) is 12.8. The van der Waals surface area contributed by atoms with Crippen LogP contribution in [0.2, 0.25) is 0 Å². The van der Waals surface area contributed by atoms with Gasteiger partial charge in [-0.25, -0.2) is 4.98 Å². The molecule has 1 heterocycles. The molecule has 0 fully saturated rings. The van der Waals surface area contributed by atoms with Gasteiger partial charge in [-0.1, -0.05) is 162 Å². The Balaban J connectivity index is 2.35. The molecule has 0 atom stereocenters. The first-order valence-electron chi connectivity index (χ1n) is 29.1. The lowest BCUT2D eigenvalue weighted by molar-refractivity contribution is -0.150. The average Bonchev–Trinajstić information content (AvgIpc) is 3.92. The van der Waals surface area contributed by atoms with Crippen LogP contribution >= 0.6 is 0 Å². The molecule has 14 nitrogen and oxygen atoms in total. The number of esters is 2. The van der Waals surface area contributed by atoms with Crippen LogP contribution in [0.3, 0.4) is 0 Å². The third kappa shape index (κ3) is 44.2. The molecule has 2 N–H and O–H groups in total. The fourth-order valence-electron chi connectivity index (χ4n) is 8.49. The number of unbranched alkanes of at least 4 members (excludes halogenated alkanes) is 24. The van der Waals surface area contributed by atoms with Gasteiger partial charge in [0.1, 0.15) is 11.8 Å². The number of aromatic amines is 1. The first-order valence-corrected chi connectivity index (χ1v) is 29.1. The summed E-state index contributed by atoms with van der Waals surface area (Å²) < 4.78 is 33.9. The van der Waals surface area contributed by atoms with Gasteiger partial charge in [0.25, 0.3) is 5.91 Å². The summed E-state index contributed by atoms with van der Waals surface area (Å²) in [5.74, 6) is -0.245. The molecule has 2 amide bonds. The summed E-state index contributed by atoms with van der Waals surface area (Å²) in [7, 11) is 0. The minimum Gasteiger partial charge on any atom is -0.466 e. The first-order chi connectivity index (χ1) is 34.9. The van der Waals surface area contributed by atoms with Crippen molar-refractivity contribution in [2.75, 3.05) is 79.1 Å². The second-order valence-corrected chi connectivity index (χ2v) is 19.4. The van der Waals surface area contributed by atoms with E-state index in [9.17, 15) is 19.2 Å². The van der Waals surface area contributed by atoms with Gasteiger partial charge in [-0.2, -0.15) is 0 Å². The number of amides is 2. The molecular weight excluding hydrogens is 901 g/mol. The maximum Gasteiger partial charge on any atom is 0.306 e. The molecule has 0 radical (unpaired) electrons. The van der Waals surface area contributed by atoms with Gasteiger partial charge < -0.3 is 43.6 Å². The molecule has 414 valence electrons. The van der Waals surface area contributed by atoms with Crippen molar-refractivity contribution >= 4 is 23.8 Å². The lowest BCUT2D eigenvalue weighted by Gasteiger charge is -2.23. The summed E-state index contributed by atoms with van der Waals surface area (Å²) in [5, 5.41) is 2.74. The summed E-state index contributed by atoms with van der Waals surface area (Å²) in [6.45, 7) is 12.4. The maximum absolute atomic E-state index is 13.4. The Bertz CT molecular complexity index is 1320. The summed E-state index contributed by atoms with van der Waals surface area (Å²) in [6.07, 6.45) is 39.5. The third-order valence-corrected chi connectivity index (χ3v) is 12.9. The molecule has 0 unspecified atom stereocenters. The highest BCUT2D eigenvalue weighted by Gasteiger charge is 2.16. The van der Waals surface area contributed by atoms with Crippen LogP contribution in [0.25, 0.3) is 0 Å². The highest BCUT2D eigenvalue weighted by atomic mass is 16.6. The fraction of sp³-hybridized carbons (Fsp3) is 0.877. The molecule has 14 heteroatoms. The van der Waals surface area contributed by atoms with Gasteiger partial charge in [0.05, 0.1) is 72.2 Å². The van der Waals surface area contributed by atoms with Crippen LogP contribution in [-0.2, 0) is 42.8 Å². The van der Waals surface area contributed by atoms with Crippen LogP contribution in [0.15, 0.2) is 12.5 Å². The van der Waals surface area contributed by atoms with Crippen molar-refractivity contribution in [2.24, 2.45) is 0 Å². The Hall–Kier alpha value is -3.07. The Labute approximate surface area is 432 Å². The maximum atomic E-state index is 13.4. The van der Waals surface area contributed by atoms with E-state index >= 15 is 0 Å². The zero-order valence-corrected chi connectivity index (χ0v) is 45.7. The quantitative estimate of drug-likeness (QED) is 0.0471. The zero-order valence-electron chi connectivity index (χ0n) is 45.7. The van der Waals surface area contributed by atoms with Gasteiger partial charge in [0.15, 0.2) is 0 Å². The summed E-state index contributed by atoms with van der Waals surface area (Å²) in [4.78, 5) is 59.0. The van der Waals surface area contributed by atoms with E-state index in [0.717, 1.165) is 116 Å². The van der Waals surface area contributed by atoms with E-state index in [1.165, 1.54) is 103 Å². The molecule has 0 aliphatic carbocycles. The molecule has 0 bridgehead atoms. The van der Waals surface area contributed by atoms with Crippen LogP contribution in [-0.4, -0.2) is 124 Å². The summed E-state index contributed by atoms with van der Waals surface area (Å²) >= 11 is 0. The average molecular weight is 1010 g/mol.